The van der Waals surface area contributed by atoms with Crippen LogP contribution in [0, 0.1) is 11.3 Å². The molecule has 0 radical (unpaired) electrons. The van der Waals surface area contributed by atoms with E-state index in [9.17, 15) is 0 Å². The van der Waals surface area contributed by atoms with E-state index in [2.05, 4.69) is 48.1 Å². The summed E-state index contributed by atoms with van der Waals surface area (Å²) in [4.78, 5) is 0. The molecule has 1 N–H and O–H groups in total. The first-order chi connectivity index (χ1) is 7.81. The van der Waals surface area contributed by atoms with Gasteiger partial charge < -0.3 is 9.88 Å². The predicted octanol–water partition coefficient (Wildman–Crippen LogP) is 2.68. The highest BCUT2D eigenvalue weighted by Crippen LogP contribution is 2.05. The van der Waals surface area contributed by atoms with Gasteiger partial charge in [-0.15, -0.1) is 0 Å². The molecule has 0 saturated heterocycles. The van der Waals surface area contributed by atoms with Crippen LogP contribution in [0.4, 0.5) is 0 Å². The summed E-state index contributed by atoms with van der Waals surface area (Å²) in [6.07, 6.45) is 4.86. The minimum atomic E-state index is 0.315. The highest BCUT2D eigenvalue weighted by molar-refractivity contribution is 5.07. The van der Waals surface area contributed by atoms with Gasteiger partial charge in [-0.25, -0.2) is 0 Å². The summed E-state index contributed by atoms with van der Waals surface area (Å²) >= 11 is 0. The SMILES string of the molecule is CCCn1cccc1CNC(CC)CC#N. The molecule has 1 aromatic rings. The molecular weight excluding hydrogens is 198 g/mol. The second kappa shape index (κ2) is 7.08. The molecule has 1 rings (SSSR count). The molecule has 0 saturated carbocycles. The first-order valence-corrected chi connectivity index (χ1v) is 6.06. The zero-order valence-electron chi connectivity index (χ0n) is 10.2. The molecule has 0 amide bonds. The van der Waals surface area contributed by atoms with Gasteiger partial charge in [0.1, 0.15) is 0 Å². The van der Waals surface area contributed by atoms with Gasteiger partial charge in [0.05, 0.1) is 12.5 Å². The predicted molar refractivity (Wildman–Crippen MR) is 65.9 cm³/mol. The lowest BCUT2D eigenvalue weighted by Gasteiger charge is -2.14. The second-order valence-corrected chi connectivity index (χ2v) is 4.04. The van der Waals surface area contributed by atoms with Crippen molar-refractivity contribution in [1.29, 1.82) is 5.26 Å². The van der Waals surface area contributed by atoms with E-state index in [1.807, 2.05) is 0 Å². The fraction of sp³-hybridized carbons (Fsp3) is 0.615. The number of nitrogens with one attached hydrogen (secondary N) is 1. The van der Waals surface area contributed by atoms with Crippen molar-refractivity contribution in [2.75, 3.05) is 0 Å². The molecule has 1 heterocycles. The highest BCUT2D eigenvalue weighted by atomic mass is 15.0. The molecule has 0 fully saturated rings. The minimum absolute atomic E-state index is 0.315. The molecule has 88 valence electrons. The molecular formula is C13H21N3. The zero-order valence-corrected chi connectivity index (χ0v) is 10.2. The summed E-state index contributed by atoms with van der Waals surface area (Å²) in [5.74, 6) is 0. The maximum atomic E-state index is 8.67. The summed E-state index contributed by atoms with van der Waals surface area (Å²) in [5, 5.41) is 12.1. The van der Waals surface area contributed by atoms with Gasteiger partial charge in [0.15, 0.2) is 0 Å². The molecule has 0 bridgehead atoms. The number of rotatable bonds is 7. The van der Waals surface area contributed by atoms with Crippen LogP contribution >= 0.6 is 0 Å². The van der Waals surface area contributed by atoms with Gasteiger partial charge in [-0.3, -0.25) is 0 Å². The molecule has 0 aliphatic carbocycles. The summed E-state index contributed by atoms with van der Waals surface area (Å²) in [6.45, 7) is 6.22. The lowest BCUT2D eigenvalue weighted by atomic mass is 10.1. The van der Waals surface area contributed by atoms with E-state index in [4.69, 9.17) is 5.26 Å². The van der Waals surface area contributed by atoms with Crippen molar-refractivity contribution in [2.24, 2.45) is 0 Å². The van der Waals surface area contributed by atoms with Gasteiger partial charge in [0.2, 0.25) is 0 Å². The van der Waals surface area contributed by atoms with Gasteiger partial charge in [0.25, 0.3) is 0 Å². The number of hydrogen-bond donors (Lipinski definition) is 1. The normalized spacial score (nSPS) is 12.3. The van der Waals surface area contributed by atoms with Crippen LogP contribution in [-0.2, 0) is 13.1 Å². The molecule has 3 heteroatoms. The summed E-state index contributed by atoms with van der Waals surface area (Å²) in [7, 11) is 0. The monoisotopic (exact) mass is 219 g/mol. The van der Waals surface area contributed by atoms with Crippen LogP contribution in [0.3, 0.4) is 0 Å². The van der Waals surface area contributed by atoms with Crippen LogP contribution in [0.1, 0.15) is 38.8 Å². The molecule has 1 aromatic heterocycles. The first kappa shape index (κ1) is 12.8. The van der Waals surface area contributed by atoms with Crippen LogP contribution in [0.15, 0.2) is 18.3 Å². The highest BCUT2D eigenvalue weighted by Gasteiger charge is 2.06. The van der Waals surface area contributed by atoms with E-state index < -0.39 is 0 Å². The molecule has 0 spiro atoms. The molecule has 1 atom stereocenters. The molecule has 16 heavy (non-hydrogen) atoms. The van der Waals surface area contributed by atoms with Crippen molar-refractivity contribution in [1.82, 2.24) is 9.88 Å². The Morgan fingerprint density at radius 3 is 2.94 bits per heavy atom. The fourth-order valence-electron chi connectivity index (χ4n) is 1.79. The minimum Gasteiger partial charge on any atom is -0.350 e. The number of aromatic nitrogens is 1. The fourth-order valence-corrected chi connectivity index (χ4v) is 1.79. The van der Waals surface area contributed by atoms with Gasteiger partial charge in [0, 0.05) is 31.0 Å². The summed E-state index contributed by atoms with van der Waals surface area (Å²) in [5.41, 5.74) is 1.30. The van der Waals surface area contributed by atoms with Crippen molar-refractivity contribution in [3.8, 4) is 6.07 Å². The van der Waals surface area contributed by atoms with Gasteiger partial charge in [-0.1, -0.05) is 13.8 Å². The molecule has 1 unspecified atom stereocenters. The Labute approximate surface area is 98.1 Å². The Bertz CT molecular complexity index is 335. The second-order valence-electron chi connectivity index (χ2n) is 4.04. The Morgan fingerprint density at radius 2 is 2.31 bits per heavy atom. The smallest absolute Gasteiger partial charge is 0.0638 e. The van der Waals surface area contributed by atoms with Crippen LogP contribution in [-0.4, -0.2) is 10.6 Å². The quantitative estimate of drug-likeness (QED) is 0.766. The Hall–Kier alpha value is -1.27. The number of nitriles is 1. The number of aryl methyl sites for hydroxylation is 1. The topological polar surface area (TPSA) is 40.8 Å². The van der Waals surface area contributed by atoms with Gasteiger partial charge >= 0.3 is 0 Å². The third-order valence-electron chi connectivity index (χ3n) is 2.79. The van der Waals surface area contributed by atoms with Crippen LogP contribution in [0.5, 0.6) is 0 Å². The Balaban J connectivity index is 2.46. The summed E-state index contributed by atoms with van der Waals surface area (Å²) in [6, 6.07) is 6.76. The number of hydrogen-bond acceptors (Lipinski definition) is 2. The third kappa shape index (κ3) is 3.71. The van der Waals surface area contributed by atoms with E-state index in [1.165, 1.54) is 5.69 Å². The van der Waals surface area contributed by atoms with E-state index in [0.717, 1.165) is 25.9 Å². The zero-order chi connectivity index (χ0) is 11.8. The average molecular weight is 219 g/mol. The average Bonchev–Trinajstić information content (AvgIpc) is 2.72. The van der Waals surface area contributed by atoms with Crippen LogP contribution in [0.25, 0.3) is 0 Å². The van der Waals surface area contributed by atoms with Crippen LogP contribution < -0.4 is 5.32 Å². The third-order valence-corrected chi connectivity index (χ3v) is 2.79. The largest absolute Gasteiger partial charge is 0.350 e. The summed E-state index contributed by atoms with van der Waals surface area (Å²) < 4.78 is 2.27. The Kier molecular flexibility index (Phi) is 5.66. The lowest BCUT2D eigenvalue weighted by Crippen LogP contribution is -2.28. The lowest BCUT2D eigenvalue weighted by molar-refractivity contribution is 0.489. The first-order valence-electron chi connectivity index (χ1n) is 6.06. The van der Waals surface area contributed by atoms with Gasteiger partial charge in [-0.05, 0) is 25.0 Å². The maximum absolute atomic E-state index is 8.67. The Morgan fingerprint density at radius 1 is 1.50 bits per heavy atom. The van der Waals surface area contributed by atoms with Crippen molar-refractivity contribution in [3.05, 3.63) is 24.0 Å². The van der Waals surface area contributed by atoms with Crippen molar-refractivity contribution >= 4 is 0 Å². The van der Waals surface area contributed by atoms with Crippen molar-refractivity contribution in [3.63, 3.8) is 0 Å². The maximum Gasteiger partial charge on any atom is 0.0638 e. The standard InChI is InChI=1S/C13H21N3/c1-3-9-16-10-5-6-13(16)11-15-12(4-2)7-8-14/h5-6,10,12,15H,3-4,7,9,11H2,1-2H3. The van der Waals surface area contributed by atoms with Crippen molar-refractivity contribution in [2.45, 2.75) is 52.2 Å². The molecule has 0 aliphatic rings. The number of nitrogens with zero attached hydrogens (tertiary/aromatic N) is 2. The van der Waals surface area contributed by atoms with E-state index >= 15 is 0 Å². The van der Waals surface area contributed by atoms with Gasteiger partial charge in [-0.2, -0.15) is 5.26 Å². The molecule has 0 aromatic carbocycles. The van der Waals surface area contributed by atoms with Crippen molar-refractivity contribution < 1.29 is 0 Å². The van der Waals surface area contributed by atoms with E-state index in [-0.39, 0.29) is 0 Å². The molecule has 0 aliphatic heterocycles. The van der Waals surface area contributed by atoms with E-state index in [0.29, 0.717) is 12.5 Å². The van der Waals surface area contributed by atoms with E-state index in [1.54, 1.807) is 0 Å². The molecule has 3 nitrogen and oxygen atoms in total. The van der Waals surface area contributed by atoms with Crippen LogP contribution in [0.2, 0.25) is 0 Å².